The van der Waals surface area contributed by atoms with Gasteiger partial charge in [0.15, 0.2) is 0 Å². The maximum Gasteiger partial charge on any atom is 0.245 e. The van der Waals surface area contributed by atoms with E-state index in [2.05, 4.69) is 16.0 Å². The molecule has 0 radical (unpaired) electrons. The molecule has 2 saturated heterocycles. The number of likely N-dealkylation sites (tertiary alicyclic amines) is 2. The Morgan fingerprint density at radius 3 is 1.88 bits per heavy atom. The summed E-state index contributed by atoms with van der Waals surface area (Å²) in [5, 5.41) is 28.0. The van der Waals surface area contributed by atoms with Crippen LogP contribution in [0.1, 0.15) is 63.5 Å². The average molecular weight is 722 g/mol. The molecule has 13 heteroatoms. The summed E-state index contributed by atoms with van der Waals surface area (Å²) in [6, 6.07) is 15.1. The zero-order chi connectivity index (χ0) is 37.7. The van der Waals surface area contributed by atoms with Gasteiger partial charge in [0, 0.05) is 32.6 Å². The minimum absolute atomic E-state index is 0.00897. The van der Waals surface area contributed by atoms with Gasteiger partial charge in [0.25, 0.3) is 0 Å². The average Bonchev–Trinajstić information content (AvgIpc) is 3.12. The van der Waals surface area contributed by atoms with E-state index < -0.39 is 48.1 Å². The summed E-state index contributed by atoms with van der Waals surface area (Å²) in [6.45, 7) is 6.47. The van der Waals surface area contributed by atoms with Crippen LogP contribution in [0, 0.1) is 11.3 Å². The second-order valence-electron chi connectivity index (χ2n) is 15.0. The van der Waals surface area contributed by atoms with Gasteiger partial charge in [-0.05, 0) is 74.0 Å². The van der Waals surface area contributed by atoms with Crippen molar-refractivity contribution in [1.82, 2.24) is 25.8 Å². The predicted molar refractivity (Wildman–Crippen MR) is 199 cm³/mol. The maximum atomic E-state index is 14.0. The van der Waals surface area contributed by atoms with E-state index in [0.29, 0.717) is 64.8 Å². The molecular weight excluding hydrogens is 662 g/mol. The van der Waals surface area contributed by atoms with Crippen molar-refractivity contribution in [2.24, 2.45) is 22.8 Å². The normalized spacial score (nSPS) is 18.5. The molecule has 2 aromatic carbocycles. The molecule has 2 aliphatic rings. The number of carbonyl (C=O) groups is 4. The van der Waals surface area contributed by atoms with Crippen LogP contribution in [0.15, 0.2) is 60.7 Å². The molecule has 0 saturated carbocycles. The van der Waals surface area contributed by atoms with Crippen molar-refractivity contribution in [2.75, 3.05) is 39.3 Å². The first-order valence-electron chi connectivity index (χ1n) is 18.7. The van der Waals surface area contributed by atoms with Crippen molar-refractivity contribution in [2.45, 2.75) is 95.6 Å². The van der Waals surface area contributed by atoms with Gasteiger partial charge in [0.05, 0.1) is 12.6 Å². The number of rotatable bonds is 19. The molecule has 2 aliphatic heterocycles. The predicted octanol–water partition coefficient (Wildman–Crippen LogP) is 0.664. The minimum Gasteiger partial charge on any atom is -0.392 e. The zero-order valence-electron chi connectivity index (χ0n) is 30.7. The van der Waals surface area contributed by atoms with Crippen LogP contribution in [0.25, 0.3) is 0 Å². The van der Waals surface area contributed by atoms with E-state index in [1.54, 1.807) is 4.90 Å². The summed E-state index contributed by atoms with van der Waals surface area (Å²) in [5.74, 6) is -1.58. The minimum atomic E-state index is -0.997. The summed E-state index contributed by atoms with van der Waals surface area (Å²) < 4.78 is 0. The monoisotopic (exact) mass is 721 g/mol. The quantitative estimate of drug-likeness (QED) is 0.102. The highest BCUT2D eigenvalue weighted by Crippen LogP contribution is 2.41. The maximum absolute atomic E-state index is 14.0. The Morgan fingerprint density at radius 1 is 0.788 bits per heavy atom. The van der Waals surface area contributed by atoms with Crippen LogP contribution in [0.4, 0.5) is 0 Å². The zero-order valence-corrected chi connectivity index (χ0v) is 30.7. The smallest absolute Gasteiger partial charge is 0.245 e. The Balaban J connectivity index is 1.44. The highest BCUT2D eigenvalue weighted by atomic mass is 16.3. The van der Waals surface area contributed by atoms with Crippen LogP contribution in [-0.2, 0) is 32.0 Å². The third kappa shape index (κ3) is 11.8. The number of nitrogens with two attached hydrogens (primary N) is 2. The molecule has 2 aromatic rings. The van der Waals surface area contributed by atoms with Gasteiger partial charge in [0.1, 0.15) is 24.4 Å². The Kier molecular flexibility index (Phi) is 15.6. The van der Waals surface area contributed by atoms with E-state index in [9.17, 15) is 29.4 Å². The number of carbonyl (C=O) groups excluding carboxylic acids is 4. The number of hydrogen-bond donors (Lipinski definition) is 7. The van der Waals surface area contributed by atoms with Gasteiger partial charge < -0.3 is 42.5 Å². The molecule has 0 aliphatic carbocycles. The molecule has 52 heavy (non-hydrogen) atoms. The molecule has 4 amide bonds. The van der Waals surface area contributed by atoms with Crippen LogP contribution in [0.3, 0.4) is 0 Å². The molecule has 2 fully saturated rings. The van der Waals surface area contributed by atoms with Crippen molar-refractivity contribution < 1.29 is 29.4 Å². The van der Waals surface area contributed by atoms with Crippen molar-refractivity contribution >= 4 is 23.6 Å². The fraction of sp³-hybridized carbons (Fsp3) is 0.590. The Hall–Kier alpha value is -3.88. The van der Waals surface area contributed by atoms with Gasteiger partial charge >= 0.3 is 0 Å². The van der Waals surface area contributed by atoms with E-state index in [-0.39, 0.29) is 30.3 Å². The lowest BCUT2D eigenvalue weighted by Gasteiger charge is -2.55. The second-order valence-corrected chi connectivity index (χ2v) is 15.0. The molecule has 4 rings (SSSR count). The summed E-state index contributed by atoms with van der Waals surface area (Å²) in [5.41, 5.74) is 13.8. The van der Waals surface area contributed by atoms with Crippen molar-refractivity contribution in [3.63, 3.8) is 0 Å². The molecule has 5 atom stereocenters. The highest BCUT2D eigenvalue weighted by molar-refractivity contribution is 5.95. The lowest BCUT2D eigenvalue weighted by Crippen LogP contribution is -2.64. The number of aliphatic hydroxyl groups is 2. The number of nitrogens with zero attached hydrogens (tertiary/aromatic N) is 2. The lowest BCUT2D eigenvalue weighted by atomic mass is 9.71. The molecule has 0 aromatic heterocycles. The van der Waals surface area contributed by atoms with Crippen LogP contribution >= 0.6 is 0 Å². The molecule has 2 heterocycles. The first-order valence-corrected chi connectivity index (χ1v) is 18.7. The lowest BCUT2D eigenvalue weighted by molar-refractivity contribution is -0.154. The van der Waals surface area contributed by atoms with E-state index in [1.807, 2.05) is 79.4 Å². The number of benzene rings is 2. The Bertz CT molecular complexity index is 1430. The van der Waals surface area contributed by atoms with E-state index in [4.69, 9.17) is 11.5 Å². The van der Waals surface area contributed by atoms with Crippen LogP contribution in [0.5, 0.6) is 0 Å². The standard InChI is InChI=1S/C39H59N7O6/c1-27(2)21-32(44-37(51)33(23-29-13-7-4-8-14-29)43-35(49)30(41)22-28-11-5-3-6-12-28)36(50)42-31(15-9-10-18-40)38(52)45-19-16-39(17-20-45)25-46(26-39)34(48)24-47/h3-8,11-14,27,30-34,47-48H,9-10,15-26,40-41H2,1-2H3,(H,42,50)(H,43,49)(H,44,51)/t30-,31-,32-,33-,34?/m1/s1. The van der Waals surface area contributed by atoms with Gasteiger partial charge in [-0.2, -0.15) is 0 Å². The molecule has 1 spiro atoms. The highest BCUT2D eigenvalue weighted by Gasteiger charge is 2.47. The van der Waals surface area contributed by atoms with E-state index in [0.717, 1.165) is 24.0 Å². The van der Waals surface area contributed by atoms with Crippen LogP contribution in [-0.4, -0.2) is 113 Å². The summed E-state index contributed by atoms with van der Waals surface area (Å²) >= 11 is 0. The number of hydrogen-bond acceptors (Lipinski definition) is 9. The third-order valence-corrected chi connectivity index (χ3v) is 10.3. The molecule has 286 valence electrons. The first kappa shape index (κ1) is 40.9. The van der Waals surface area contributed by atoms with Crippen molar-refractivity contribution in [1.29, 1.82) is 0 Å². The molecular formula is C39H59N7O6. The molecule has 1 unspecified atom stereocenters. The number of amides is 4. The Labute approximate surface area is 307 Å². The third-order valence-electron chi connectivity index (χ3n) is 10.3. The number of nitrogens with one attached hydrogen (secondary N) is 3. The van der Waals surface area contributed by atoms with Crippen molar-refractivity contribution in [3.05, 3.63) is 71.8 Å². The summed E-state index contributed by atoms with van der Waals surface area (Å²) in [6.07, 6.45) is 3.25. The number of aliphatic hydroxyl groups excluding tert-OH is 2. The van der Waals surface area contributed by atoms with Gasteiger partial charge in [0.2, 0.25) is 23.6 Å². The second kappa shape index (κ2) is 19.8. The van der Waals surface area contributed by atoms with Gasteiger partial charge in [-0.15, -0.1) is 0 Å². The number of unbranched alkanes of at least 4 members (excludes halogenated alkanes) is 1. The van der Waals surface area contributed by atoms with Gasteiger partial charge in [-0.25, -0.2) is 0 Å². The van der Waals surface area contributed by atoms with Crippen LogP contribution in [0.2, 0.25) is 0 Å². The van der Waals surface area contributed by atoms with Gasteiger partial charge in [-0.3, -0.25) is 24.1 Å². The Morgan fingerprint density at radius 2 is 1.33 bits per heavy atom. The molecule has 13 nitrogen and oxygen atoms in total. The topological polar surface area (TPSA) is 203 Å². The van der Waals surface area contributed by atoms with Crippen molar-refractivity contribution in [3.8, 4) is 0 Å². The van der Waals surface area contributed by atoms with Gasteiger partial charge in [-0.1, -0.05) is 74.5 Å². The van der Waals surface area contributed by atoms with Crippen LogP contribution < -0.4 is 27.4 Å². The molecule has 9 N–H and O–H groups in total. The summed E-state index contributed by atoms with van der Waals surface area (Å²) in [7, 11) is 0. The fourth-order valence-electron chi connectivity index (χ4n) is 7.18. The van der Waals surface area contributed by atoms with E-state index in [1.165, 1.54) is 0 Å². The van der Waals surface area contributed by atoms with E-state index >= 15 is 0 Å². The summed E-state index contributed by atoms with van der Waals surface area (Å²) in [4.78, 5) is 58.8. The SMILES string of the molecule is CC(C)C[C@@H](NC(=O)[C@@H](Cc1ccccc1)NC(=O)[C@H](N)Cc1ccccc1)C(=O)N[C@H](CCCCN)C(=O)N1CCC2(CC1)CN(C(O)CO)C2. The largest absolute Gasteiger partial charge is 0.392 e. The molecule has 0 bridgehead atoms. The first-order chi connectivity index (χ1) is 24.9. The number of piperidine rings is 1. The fourth-order valence-corrected chi connectivity index (χ4v) is 7.18.